The fourth-order valence-electron chi connectivity index (χ4n) is 2.36. The summed E-state index contributed by atoms with van der Waals surface area (Å²) in [5.41, 5.74) is 1.08. The minimum atomic E-state index is 0.321. The average molecular weight is 290 g/mol. The van der Waals surface area contributed by atoms with Crippen LogP contribution in [0.3, 0.4) is 0 Å². The molecule has 106 valence electrons. The standard InChI is InChI=1S/C14H18N4OS/c1-2-13-15-14(20-16-13)18-8-6-17(7-9-18)11-4-3-5-12(19)10-11/h3-5,10,19H,2,6-9H2,1H3. The van der Waals surface area contributed by atoms with Crippen molar-refractivity contribution in [3.8, 4) is 5.75 Å². The SMILES string of the molecule is CCc1nsc(N2CCN(c3cccc(O)c3)CC2)n1. The Morgan fingerprint density at radius 2 is 1.95 bits per heavy atom. The van der Waals surface area contributed by atoms with E-state index in [1.807, 2.05) is 18.2 Å². The van der Waals surface area contributed by atoms with Gasteiger partial charge in [-0.15, -0.1) is 0 Å². The van der Waals surface area contributed by atoms with Crippen LogP contribution in [0, 0.1) is 0 Å². The van der Waals surface area contributed by atoms with Crippen molar-refractivity contribution in [3.05, 3.63) is 30.1 Å². The number of aromatic hydroxyl groups is 1. The Labute approximate surface area is 122 Å². The number of piperazine rings is 1. The molecule has 0 aliphatic carbocycles. The van der Waals surface area contributed by atoms with Crippen LogP contribution in [0.25, 0.3) is 0 Å². The van der Waals surface area contributed by atoms with Gasteiger partial charge in [-0.05, 0) is 12.1 Å². The average Bonchev–Trinajstić information content (AvgIpc) is 2.96. The predicted octanol–water partition coefficient (Wildman–Crippen LogP) is 2.13. The van der Waals surface area contributed by atoms with Gasteiger partial charge in [0.05, 0.1) is 0 Å². The summed E-state index contributed by atoms with van der Waals surface area (Å²) in [5, 5.41) is 10.6. The zero-order valence-electron chi connectivity index (χ0n) is 11.5. The maximum atomic E-state index is 9.55. The molecule has 5 nitrogen and oxygen atoms in total. The first-order chi connectivity index (χ1) is 9.76. The maximum absolute atomic E-state index is 9.55. The molecule has 0 radical (unpaired) electrons. The molecule has 1 aliphatic rings. The van der Waals surface area contributed by atoms with E-state index in [1.165, 1.54) is 11.5 Å². The molecule has 0 bridgehead atoms. The van der Waals surface area contributed by atoms with Crippen LogP contribution < -0.4 is 9.80 Å². The van der Waals surface area contributed by atoms with Gasteiger partial charge < -0.3 is 14.9 Å². The number of hydrogen-bond acceptors (Lipinski definition) is 6. The van der Waals surface area contributed by atoms with E-state index in [-0.39, 0.29) is 0 Å². The van der Waals surface area contributed by atoms with E-state index in [1.54, 1.807) is 6.07 Å². The van der Waals surface area contributed by atoms with Crippen LogP contribution >= 0.6 is 11.5 Å². The van der Waals surface area contributed by atoms with Crippen LogP contribution in [0.1, 0.15) is 12.7 Å². The second-order valence-corrected chi connectivity index (χ2v) is 5.57. The van der Waals surface area contributed by atoms with Crippen molar-refractivity contribution in [2.24, 2.45) is 0 Å². The largest absolute Gasteiger partial charge is 0.508 e. The topological polar surface area (TPSA) is 52.5 Å². The lowest BCUT2D eigenvalue weighted by molar-refractivity contribution is 0.475. The molecular formula is C14H18N4OS. The molecule has 2 aromatic rings. The summed E-state index contributed by atoms with van der Waals surface area (Å²) < 4.78 is 4.34. The minimum absolute atomic E-state index is 0.321. The number of anilines is 2. The van der Waals surface area contributed by atoms with E-state index >= 15 is 0 Å². The molecule has 1 saturated heterocycles. The molecule has 3 rings (SSSR count). The van der Waals surface area contributed by atoms with Gasteiger partial charge in [-0.1, -0.05) is 13.0 Å². The summed E-state index contributed by atoms with van der Waals surface area (Å²) in [5.74, 6) is 1.25. The van der Waals surface area contributed by atoms with Crippen molar-refractivity contribution in [1.29, 1.82) is 0 Å². The molecule has 1 aliphatic heterocycles. The first kappa shape index (κ1) is 13.2. The molecule has 0 atom stereocenters. The number of hydrogen-bond donors (Lipinski definition) is 1. The van der Waals surface area contributed by atoms with Crippen LogP contribution in [0.15, 0.2) is 24.3 Å². The molecule has 0 spiro atoms. The first-order valence-corrected chi connectivity index (χ1v) is 7.65. The maximum Gasteiger partial charge on any atom is 0.205 e. The van der Waals surface area contributed by atoms with E-state index in [0.717, 1.165) is 49.2 Å². The Hall–Kier alpha value is -1.82. The molecule has 2 heterocycles. The molecule has 0 unspecified atom stereocenters. The van der Waals surface area contributed by atoms with Gasteiger partial charge in [0.25, 0.3) is 0 Å². The van der Waals surface area contributed by atoms with Gasteiger partial charge in [-0.2, -0.15) is 4.37 Å². The lowest BCUT2D eigenvalue weighted by Gasteiger charge is -2.35. The Morgan fingerprint density at radius 1 is 1.20 bits per heavy atom. The number of phenolic OH excluding ortho intramolecular Hbond substituents is 1. The lowest BCUT2D eigenvalue weighted by atomic mass is 10.2. The molecule has 1 N–H and O–H groups in total. The Balaban J connectivity index is 1.64. The third kappa shape index (κ3) is 2.70. The second kappa shape index (κ2) is 5.66. The summed E-state index contributed by atoms with van der Waals surface area (Å²) in [4.78, 5) is 9.12. The fourth-order valence-corrected chi connectivity index (χ4v) is 3.16. The third-order valence-corrected chi connectivity index (χ3v) is 4.33. The highest BCUT2D eigenvalue weighted by Gasteiger charge is 2.20. The zero-order valence-corrected chi connectivity index (χ0v) is 12.3. The van der Waals surface area contributed by atoms with Crippen LogP contribution in [0.4, 0.5) is 10.8 Å². The summed E-state index contributed by atoms with van der Waals surface area (Å²) in [6.45, 7) is 5.82. The van der Waals surface area contributed by atoms with Crippen molar-refractivity contribution >= 4 is 22.4 Å². The second-order valence-electron chi connectivity index (χ2n) is 4.84. The van der Waals surface area contributed by atoms with Gasteiger partial charge in [0, 0.05) is 55.9 Å². The Kier molecular flexibility index (Phi) is 3.73. The quantitative estimate of drug-likeness (QED) is 0.938. The summed E-state index contributed by atoms with van der Waals surface area (Å²) in [7, 11) is 0. The summed E-state index contributed by atoms with van der Waals surface area (Å²) in [6.07, 6.45) is 0.889. The molecule has 6 heteroatoms. The summed E-state index contributed by atoms with van der Waals surface area (Å²) in [6, 6.07) is 7.44. The zero-order chi connectivity index (χ0) is 13.9. The molecule has 1 fully saturated rings. The molecule has 20 heavy (non-hydrogen) atoms. The highest BCUT2D eigenvalue weighted by atomic mass is 32.1. The Morgan fingerprint density at radius 3 is 2.60 bits per heavy atom. The number of aromatic nitrogens is 2. The highest BCUT2D eigenvalue weighted by molar-refractivity contribution is 7.09. The number of nitrogens with zero attached hydrogens (tertiary/aromatic N) is 4. The van der Waals surface area contributed by atoms with E-state index < -0.39 is 0 Å². The van der Waals surface area contributed by atoms with Gasteiger partial charge in [-0.3, -0.25) is 0 Å². The number of rotatable bonds is 3. The molecule has 0 saturated carbocycles. The highest BCUT2D eigenvalue weighted by Crippen LogP contribution is 2.24. The lowest BCUT2D eigenvalue weighted by Crippen LogP contribution is -2.46. The van der Waals surface area contributed by atoms with E-state index in [9.17, 15) is 5.11 Å². The van der Waals surface area contributed by atoms with Crippen molar-refractivity contribution in [3.63, 3.8) is 0 Å². The fraction of sp³-hybridized carbons (Fsp3) is 0.429. The Bertz CT molecular complexity index is 578. The van der Waals surface area contributed by atoms with Crippen molar-refractivity contribution < 1.29 is 5.11 Å². The van der Waals surface area contributed by atoms with E-state index in [2.05, 4.69) is 26.1 Å². The van der Waals surface area contributed by atoms with Crippen LogP contribution in [0.5, 0.6) is 5.75 Å². The number of benzene rings is 1. The van der Waals surface area contributed by atoms with Crippen molar-refractivity contribution in [1.82, 2.24) is 9.36 Å². The molecule has 1 aromatic heterocycles. The van der Waals surface area contributed by atoms with Crippen LogP contribution in [-0.2, 0) is 6.42 Å². The molecular weight excluding hydrogens is 272 g/mol. The van der Waals surface area contributed by atoms with Crippen LogP contribution in [0.2, 0.25) is 0 Å². The summed E-state index contributed by atoms with van der Waals surface area (Å²) >= 11 is 1.49. The van der Waals surface area contributed by atoms with Gasteiger partial charge in [0.15, 0.2) is 0 Å². The number of phenols is 1. The van der Waals surface area contributed by atoms with Crippen molar-refractivity contribution in [2.45, 2.75) is 13.3 Å². The van der Waals surface area contributed by atoms with Crippen molar-refractivity contribution in [2.75, 3.05) is 36.0 Å². The predicted molar refractivity (Wildman–Crippen MR) is 81.8 cm³/mol. The van der Waals surface area contributed by atoms with Gasteiger partial charge >= 0.3 is 0 Å². The number of aryl methyl sites for hydroxylation is 1. The van der Waals surface area contributed by atoms with Gasteiger partial charge in [0.2, 0.25) is 5.13 Å². The normalized spacial score (nSPS) is 15.7. The minimum Gasteiger partial charge on any atom is -0.508 e. The van der Waals surface area contributed by atoms with Gasteiger partial charge in [0.1, 0.15) is 11.6 Å². The van der Waals surface area contributed by atoms with Gasteiger partial charge in [-0.25, -0.2) is 4.98 Å². The molecule has 0 amide bonds. The van der Waals surface area contributed by atoms with E-state index in [0.29, 0.717) is 5.75 Å². The van der Waals surface area contributed by atoms with Crippen LogP contribution in [-0.4, -0.2) is 40.6 Å². The third-order valence-electron chi connectivity index (χ3n) is 3.52. The monoisotopic (exact) mass is 290 g/mol. The van der Waals surface area contributed by atoms with E-state index in [4.69, 9.17) is 0 Å². The first-order valence-electron chi connectivity index (χ1n) is 6.88. The smallest absolute Gasteiger partial charge is 0.205 e. The molecule has 1 aromatic carbocycles.